The van der Waals surface area contributed by atoms with Crippen molar-refractivity contribution in [3.8, 4) is 0 Å². The molecule has 1 aliphatic carbocycles. The molecule has 0 bridgehead atoms. The monoisotopic (exact) mass is 427 g/mol. The van der Waals surface area contributed by atoms with E-state index in [-0.39, 0.29) is 5.56 Å². The standard InChI is InChI=1S/C19H17N5OS3/c25-16-15-12-8-4-5-9-13(12)27-17(15)22-14(21-16)10-26-19-24-23-18(28-19)20-11-6-2-1-3-7-11/h1-3,6-7H,4-5,8-10H2,(H,20,23)(H,21,22,25). The molecular formula is C19H17N5OS3. The molecule has 0 fully saturated rings. The first-order chi connectivity index (χ1) is 13.8. The smallest absolute Gasteiger partial charge is 0.259 e. The number of thiophene rings is 1. The van der Waals surface area contributed by atoms with Crippen LogP contribution >= 0.6 is 34.4 Å². The first kappa shape index (κ1) is 17.8. The van der Waals surface area contributed by atoms with Gasteiger partial charge in [-0.1, -0.05) is 41.3 Å². The van der Waals surface area contributed by atoms with Gasteiger partial charge in [0, 0.05) is 10.6 Å². The van der Waals surface area contributed by atoms with Crippen LogP contribution in [0.3, 0.4) is 0 Å². The SMILES string of the molecule is O=c1[nH]c(CSc2nnc(Nc3ccccc3)s2)nc2sc3c(c12)CCCC3. The molecule has 0 aliphatic heterocycles. The second-order valence-corrected chi connectivity index (χ2v) is 9.84. The lowest BCUT2D eigenvalue weighted by Gasteiger charge is -2.09. The molecule has 0 atom stereocenters. The van der Waals surface area contributed by atoms with Crippen LogP contribution in [-0.4, -0.2) is 20.2 Å². The third-order valence-electron chi connectivity index (χ3n) is 4.64. The van der Waals surface area contributed by atoms with E-state index in [1.165, 1.54) is 40.0 Å². The number of thioether (sulfide) groups is 1. The zero-order chi connectivity index (χ0) is 18.9. The van der Waals surface area contributed by atoms with Crippen molar-refractivity contribution in [1.82, 2.24) is 20.2 Å². The summed E-state index contributed by atoms with van der Waals surface area (Å²) < 4.78 is 0.839. The van der Waals surface area contributed by atoms with E-state index in [0.29, 0.717) is 11.6 Å². The summed E-state index contributed by atoms with van der Waals surface area (Å²) in [6, 6.07) is 9.89. The lowest BCUT2D eigenvalue weighted by atomic mass is 9.97. The maximum atomic E-state index is 12.6. The zero-order valence-corrected chi connectivity index (χ0v) is 17.3. The van der Waals surface area contributed by atoms with E-state index in [9.17, 15) is 4.79 Å². The molecule has 0 radical (unpaired) electrons. The van der Waals surface area contributed by atoms with Crippen LogP contribution in [0.1, 0.15) is 29.1 Å². The summed E-state index contributed by atoms with van der Waals surface area (Å²) in [5, 5.41) is 13.2. The Hall–Kier alpha value is -2.23. The van der Waals surface area contributed by atoms with Crippen molar-refractivity contribution in [2.45, 2.75) is 35.8 Å². The summed E-state index contributed by atoms with van der Waals surface area (Å²) in [6.07, 6.45) is 4.43. The van der Waals surface area contributed by atoms with Crippen molar-refractivity contribution in [3.05, 3.63) is 57.0 Å². The summed E-state index contributed by atoms with van der Waals surface area (Å²) in [6.45, 7) is 0. The zero-order valence-electron chi connectivity index (χ0n) is 14.9. The molecule has 2 N–H and O–H groups in total. The highest BCUT2D eigenvalue weighted by Crippen LogP contribution is 2.34. The van der Waals surface area contributed by atoms with Crippen molar-refractivity contribution in [3.63, 3.8) is 0 Å². The summed E-state index contributed by atoms with van der Waals surface area (Å²) in [5.74, 6) is 1.25. The van der Waals surface area contributed by atoms with Crippen LogP contribution in [0.15, 0.2) is 39.5 Å². The topological polar surface area (TPSA) is 83.6 Å². The van der Waals surface area contributed by atoms with Gasteiger partial charge in [-0.25, -0.2) is 4.98 Å². The number of para-hydroxylation sites is 1. The molecule has 0 unspecified atom stereocenters. The van der Waals surface area contributed by atoms with Gasteiger partial charge in [-0.15, -0.1) is 21.5 Å². The average Bonchev–Trinajstić information content (AvgIpc) is 3.31. The fourth-order valence-corrected chi connectivity index (χ4v) is 6.29. The number of rotatable bonds is 5. The van der Waals surface area contributed by atoms with E-state index < -0.39 is 0 Å². The average molecular weight is 428 g/mol. The minimum absolute atomic E-state index is 0.0105. The molecule has 0 spiro atoms. The summed E-state index contributed by atoms with van der Waals surface area (Å²) in [5.41, 5.74) is 2.19. The minimum atomic E-state index is -0.0105. The molecule has 0 saturated heterocycles. The Morgan fingerprint density at radius 2 is 1.96 bits per heavy atom. The maximum Gasteiger partial charge on any atom is 0.259 e. The number of nitrogens with zero attached hydrogens (tertiary/aromatic N) is 3. The molecule has 6 nitrogen and oxygen atoms in total. The Bertz CT molecular complexity index is 1180. The minimum Gasteiger partial charge on any atom is -0.330 e. The Kier molecular flexibility index (Phi) is 4.87. The predicted molar refractivity (Wildman–Crippen MR) is 116 cm³/mol. The van der Waals surface area contributed by atoms with Crippen LogP contribution in [-0.2, 0) is 18.6 Å². The number of nitrogens with one attached hydrogen (secondary N) is 2. The van der Waals surface area contributed by atoms with Gasteiger partial charge in [0.1, 0.15) is 10.7 Å². The number of aryl methyl sites for hydroxylation is 2. The number of aromatic nitrogens is 4. The number of hydrogen-bond donors (Lipinski definition) is 2. The van der Waals surface area contributed by atoms with Gasteiger partial charge < -0.3 is 10.3 Å². The number of benzene rings is 1. The van der Waals surface area contributed by atoms with E-state index in [1.54, 1.807) is 11.3 Å². The van der Waals surface area contributed by atoms with Crippen molar-refractivity contribution < 1.29 is 0 Å². The second kappa shape index (κ2) is 7.65. The first-order valence-corrected chi connectivity index (χ1v) is 11.7. The number of aromatic amines is 1. The van der Waals surface area contributed by atoms with Crippen molar-refractivity contribution >= 4 is 55.5 Å². The van der Waals surface area contributed by atoms with Gasteiger partial charge in [0.05, 0.1) is 11.1 Å². The first-order valence-electron chi connectivity index (χ1n) is 9.08. The van der Waals surface area contributed by atoms with Crippen molar-refractivity contribution in [2.75, 3.05) is 5.32 Å². The number of hydrogen-bond acceptors (Lipinski definition) is 8. The predicted octanol–water partition coefficient (Wildman–Crippen LogP) is 4.75. The van der Waals surface area contributed by atoms with Gasteiger partial charge in [-0.05, 0) is 43.4 Å². The lowest BCUT2D eigenvalue weighted by molar-refractivity contribution is 0.700. The van der Waals surface area contributed by atoms with Crippen LogP contribution in [0.2, 0.25) is 0 Å². The fraction of sp³-hybridized carbons (Fsp3) is 0.263. The van der Waals surface area contributed by atoms with Gasteiger partial charge in [-0.2, -0.15) is 0 Å². The van der Waals surface area contributed by atoms with Crippen LogP contribution in [0, 0.1) is 0 Å². The molecule has 28 heavy (non-hydrogen) atoms. The fourth-order valence-electron chi connectivity index (χ4n) is 3.37. The summed E-state index contributed by atoms with van der Waals surface area (Å²) in [7, 11) is 0. The molecule has 0 amide bonds. The number of H-pyrrole nitrogens is 1. The Morgan fingerprint density at radius 3 is 2.86 bits per heavy atom. The molecule has 1 aliphatic rings. The molecule has 142 valence electrons. The molecule has 1 aromatic carbocycles. The third kappa shape index (κ3) is 3.57. The van der Waals surface area contributed by atoms with Gasteiger partial charge in [0.25, 0.3) is 5.56 Å². The molecular weight excluding hydrogens is 410 g/mol. The van der Waals surface area contributed by atoms with E-state index in [0.717, 1.165) is 44.6 Å². The van der Waals surface area contributed by atoms with E-state index >= 15 is 0 Å². The third-order valence-corrected chi connectivity index (χ3v) is 7.81. The van der Waals surface area contributed by atoms with Crippen LogP contribution in [0.4, 0.5) is 10.8 Å². The van der Waals surface area contributed by atoms with Crippen LogP contribution in [0.5, 0.6) is 0 Å². The van der Waals surface area contributed by atoms with Gasteiger partial charge in [-0.3, -0.25) is 4.79 Å². The molecule has 0 saturated carbocycles. The quantitative estimate of drug-likeness (QED) is 0.447. The van der Waals surface area contributed by atoms with E-state index in [1.807, 2.05) is 30.3 Å². The summed E-state index contributed by atoms with van der Waals surface area (Å²) >= 11 is 4.70. The summed E-state index contributed by atoms with van der Waals surface area (Å²) in [4.78, 5) is 22.5. The maximum absolute atomic E-state index is 12.6. The number of anilines is 2. The van der Waals surface area contributed by atoms with Crippen LogP contribution in [0.25, 0.3) is 10.2 Å². The van der Waals surface area contributed by atoms with Gasteiger partial charge >= 0.3 is 0 Å². The largest absolute Gasteiger partial charge is 0.330 e. The lowest BCUT2D eigenvalue weighted by Crippen LogP contribution is -2.12. The highest BCUT2D eigenvalue weighted by atomic mass is 32.2. The Morgan fingerprint density at radius 1 is 1.11 bits per heavy atom. The normalized spacial score (nSPS) is 13.6. The van der Waals surface area contributed by atoms with E-state index in [2.05, 4.69) is 20.5 Å². The highest BCUT2D eigenvalue weighted by Gasteiger charge is 2.19. The molecule has 5 rings (SSSR count). The molecule has 4 aromatic rings. The van der Waals surface area contributed by atoms with Crippen molar-refractivity contribution in [1.29, 1.82) is 0 Å². The Balaban J connectivity index is 1.32. The molecule has 9 heteroatoms. The van der Waals surface area contributed by atoms with E-state index in [4.69, 9.17) is 4.98 Å². The molecule has 3 aromatic heterocycles. The molecule has 3 heterocycles. The van der Waals surface area contributed by atoms with Gasteiger partial charge in [0.2, 0.25) is 5.13 Å². The number of fused-ring (bicyclic) bond motifs is 3. The van der Waals surface area contributed by atoms with Gasteiger partial charge in [0.15, 0.2) is 4.34 Å². The van der Waals surface area contributed by atoms with Crippen molar-refractivity contribution in [2.24, 2.45) is 0 Å². The highest BCUT2D eigenvalue weighted by molar-refractivity contribution is 8.00. The Labute approximate surface area is 173 Å². The second-order valence-electron chi connectivity index (χ2n) is 6.56. The van der Waals surface area contributed by atoms with Crippen LogP contribution < -0.4 is 10.9 Å².